The van der Waals surface area contributed by atoms with Gasteiger partial charge in [0, 0.05) is 39.8 Å². The van der Waals surface area contributed by atoms with E-state index in [-0.39, 0.29) is 18.5 Å². The summed E-state index contributed by atoms with van der Waals surface area (Å²) < 4.78 is 0. The van der Waals surface area contributed by atoms with Gasteiger partial charge in [-0.25, -0.2) is 0 Å². The van der Waals surface area contributed by atoms with E-state index < -0.39 is 11.8 Å². The highest BCUT2D eigenvalue weighted by Crippen LogP contribution is 2.21. The Labute approximate surface area is 145 Å². The summed E-state index contributed by atoms with van der Waals surface area (Å²) in [5.74, 6) is -1.39. The minimum absolute atomic E-state index is 0.00902. The Kier molecular flexibility index (Phi) is 4.73. The number of likely N-dealkylation sites (N-methyl/N-ethyl adjacent to an activating group) is 1. The fourth-order valence-electron chi connectivity index (χ4n) is 3.03. The van der Waals surface area contributed by atoms with Crippen LogP contribution in [0.15, 0.2) is 24.3 Å². The number of anilines is 1. The zero-order valence-corrected chi connectivity index (χ0v) is 14.1. The molecular weight excluding hydrogens is 332 g/mol. The molecule has 0 aromatic heterocycles. The van der Waals surface area contributed by atoms with E-state index in [1.807, 2.05) is 0 Å². The maximum atomic E-state index is 12.4. The normalized spacial score (nSPS) is 21.4. The Morgan fingerprint density at radius 1 is 1.17 bits per heavy atom. The molecule has 2 aliphatic rings. The first-order valence-electron chi connectivity index (χ1n) is 7.81. The van der Waals surface area contributed by atoms with E-state index in [4.69, 9.17) is 11.6 Å². The van der Waals surface area contributed by atoms with Crippen molar-refractivity contribution in [1.29, 1.82) is 0 Å². The molecule has 2 saturated heterocycles. The molecule has 3 amide bonds. The number of fused-ring (bicyclic) bond motifs is 1. The summed E-state index contributed by atoms with van der Waals surface area (Å²) in [5.41, 5.74) is 0.393. The van der Waals surface area contributed by atoms with E-state index in [9.17, 15) is 14.4 Å². The van der Waals surface area contributed by atoms with Crippen molar-refractivity contribution in [2.45, 2.75) is 6.04 Å². The molecule has 2 fully saturated rings. The summed E-state index contributed by atoms with van der Waals surface area (Å²) in [6.07, 6.45) is 0. The van der Waals surface area contributed by atoms with Gasteiger partial charge in [-0.2, -0.15) is 0 Å². The Hall–Kier alpha value is -2.12. The summed E-state index contributed by atoms with van der Waals surface area (Å²) in [6, 6.07) is 6.36. The maximum Gasteiger partial charge on any atom is 0.313 e. The Bertz CT molecular complexity index is 681. The highest BCUT2D eigenvalue weighted by atomic mass is 35.5. The average molecular weight is 351 g/mol. The standard InChI is InChI=1S/C16H19ClN4O3/c1-19-6-7-20-8-9-21(10-13(20)15(19)23)16(24)14(22)18-12-5-3-2-4-11(12)17/h2-5,13H,6-10H2,1H3,(H,18,22)/t13-/m0/s1. The number of piperazine rings is 2. The van der Waals surface area contributed by atoms with Crippen LogP contribution in [0.1, 0.15) is 0 Å². The first-order chi connectivity index (χ1) is 11.5. The largest absolute Gasteiger partial charge is 0.343 e. The molecule has 2 aliphatic heterocycles. The van der Waals surface area contributed by atoms with Gasteiger partial charge < -0.3 is 15.1 Å². The lowest BCUT2D eigenvalue weighted by Gasteiger charge is -2.45. The SMILES string of the molecule is CN1CCN2CCN(C(=O)C(=O)Nc3ccccc3Cl)C[C@H]2C1=O. The van der Waals surface area contributed by atoms with Crippen molar-refractivity contribution in [3.8, 4) is 0 Å². The van der Waals surface area contributed by atoms with Gasteiger partial charge >= 0.3 is 11.8 Å². The van der Waals surface area contributed by atoms with Gasteiger partial charge in [-0.3, -0.25) is 19.3 Å². The highest BCUT2D eigenvalue weighted by molar-refractivity contribution is 6.41. The highest BCUT2D eigenvalue weighted by Gasteiger charge is 2.39. The lowest BCUT2D eigenvalue weighted by Crippen LogP contribution is -2.65. The topological polar surface area (TPSA) is 73.0 Å². The predicted molar refractivity (Wildman–Crippen MR) is 89.7 cm³/mol. The maximum absolute atomic E-state index is 12.4. The van der Waals surface area contributed by atoms with Gasteiger partial charge in [0.2, 0.25) is 5.91 Å². The number of benzene rings is 1. The second-order valence-corrected chi connectivity index (χ2v) is 6.40. The summed E-state index contributed by atoms with van der Waals surface area (Å²) >= 11 is 5.99. The van der Waals surface area contributed by atoms with Gasteiger partial charge in [-0.1, -0.05) is 23.7 Å². The van der Waals surface area contributed by atoms with E-state index in [0.29, 0.717) is 30.3 Å². The number of amides is 3. The van der Waals surface area contributed by atoms with Crippen LogP contribution >= 0.6 is 11.6 Å². The fourth-order valence-corrected chi connectivity index (χ4v) is 3.21. The molecule has 1 N–H and O–H groups in total. The number of carbonyl (C=O) groups is 3. The summed E-state index contributed by atoms with van der Waals surface area (Å²) in [6.45, 7) is 2.74. The van der Waals surface area contributed by atoms with E-state index in [1.165, 1.54) is 4.90 Å². The number of carbonyl (C=O) groups excluding carboxylic acids is 3. The number of hydrogen-bond acceptors (Lipinski definition) is 4. The third-order valence-electron chi connectivity index (χ3n) is 4.48. The van der Waals surface area contributed by atoms with Crippen LogP contribution in [0, 0.1) is 0 Å². The van der Waals surface area contributed by atoms with Crippen molar-refractivity contribution in [2.75, 3.05) is 45.1 Å². The fraction of sp³-hybridized carbons (Fsp3) is 0.438. The quantitative estimate of drug-likeness (QED) is 0.738. The summed E-state index contributed by atoms with van der Waals surface area (Å²) in [4.78, 5) is 42.0. The van der Waals surface area contributed by atoms with Crippen LogP contribution in [-0.4, -0.2) is 78.2 Å². The summed E-state index contributed by atoms with van der Waals surface area (Å²) in [5, 5.41) is 2.90. The van der Waals surface area contributed by atoms with Crippen molar-refractivity contribution >= 4 is 35.0 Å². The molecule has 1 aromatic rings. The van der Waals surface area contributed by atoms with Gasteiger partial charge in [0.05, 0.1) is 10.7 Å². The molecule has 0 radical (unpaired) electrons. The minimum atomic E-state index is -0.742. The van der Waals surface area contributed by atoms with Crippen molar-refractivity contribution < 1.29 is 14.4 Å². The lowest BCUT2D eigenvalue weighted by atomic mass is 10.1. The zero-order chi connectivity index (χ0) is 17.3. The Morgan fingerprint density at radius 3 is 2.62 bits per heavy atom. The first kappa shape index (κ1) is 16.7. The van der Waals surface area contributed by atoms with Gasteiger partial charge in [-0.05, 0) is 12.1 Å². The number of nitrogens with zero attached hydrogens (tertiary/aromatic N) is 3. The van der Waals surface area contributed by atoms with Crippen LogP contribution in [0.25, 0.3) is 0 Å². The molecule has 7 nitrogen and oxygen atoms in total. The second-order valence-electron chi connectivity index (χ2n) is 6.00. The number of hydrogen-bond donors (Lipinski definition) is 1. The monoisotopic (exact) mass is 350 g/mol. The molecule has 0 saturated carbocycles. The van der Waals surface area contributed by atoms with Crippen LogP contribution in [0.3, 0.4) is 0 Å². The molecule has 3 rings (SSSR count). The van der Waals surface area contributed by atoms with Gasteiger partial charge in [0.1, 0.15) is 6.04 Å². The van der Waals surface area contributed by atoms with Crippen LogP contribution in [0.5, 0.6) is 0 Å². The first-order valence-corrected chi connectivity index (χ1v) is 8.19. The van der Waals surface area contributed by atoms with Crippen molar-refractivity contribution in [1.82, 2.24) is 14.7 Å². The van der Waals surface area contributed by atoms with Crippen molar-refractivity contribution in [3.63, 3.8) is 0 Å². The van der Waals surface area contributed by atoms with Gasteiger partial charge in [0.25, 0.3) is 0 Å². The number of nitrogens with one attached hydrogen (secondary N) is 1. The van der Waals surface area contributed by atoms with Crippen LogP contribution < -0.4 is 5.32 Å². The van der Waals surface area contributed by atoms with E-state index in [1.54, 1.807) is 36.2 Å². The molecule has 0 spiro atoms. The zero-order valence-electron chi connectivity index (χ0n) is 13.4. The molecular formula is C16H19ClN4O3. The molecule has 0 unspecified atom stereocenters. The van der Waals surface area contributed by atoms with Gasteiger partial charge in [0.15, 0.2) is 0 Å². The molecule has 1 aromatic carbocycles. The number of rotatable bonds is 1. The minimum Gasteiger partial charge on any atom is -0.343 e. The third kappa shape index (κ3) is 3.22. The number of halogens is 1. The number of para-hydroxylation sites is 1. The van der Waals surface area contributed by atoms with Crippen molar-refractivity contribution in [2.24, 2.45) is 0 Å². The molecule has 128 valence electrons. The van der Waals surface area contributed by atoms with Crippen molar-refractivity contribution in [3.05, 3.63) is 29.3 Å². The Morgan fingerprint density at radius 2 is 1.88 bits per heavy atom. The van der Waals surface area contributed by atoms with Gasteiger partial charge in [-0.15, -0.1) is 0 Å². The van der Waals surface area contributed by atoms with E-state index >= 15 is 0 Å². The third-order valence-corrected chi connectivity index (χ3v) is 4.81. The van der Waals surface area contributed by atoms with Crippen LogP contribution in [0.4, 0.5) is 5.69 Å². The van der Waals surface area contributed by atoms with E-state index in [2.05, 4.69) is 10.2 Å². The van der Waals surface area contributed by atoms with Crippen LogP contribution in [-0.2, 0) is 14.4 Å². The van der Waals surface area contributed by atoms with Crippen LogP contribution in [0.2, 0.25) is 5.02 Å². The second kappa shape index (κ2) is 6.78. The Balaban J connectivity index is 1.66. The van der Waals surface area contributed by atoms with E-state index in [0.717, 1.165) is 6.54 Å². The molecule has 1 atom stereocenters. The summed E-state index contributed by atoms with van der Waals surface area (Å²) in [7, 11) is 1.75. The molecule has 0 bridgehead atoms. The molecule has 2 heterocycles. The predicted octanol–water partition coefficient (Wildman–Crippen LogP) is 0.263. The smallest absolute Gasteiger partial charge is 0.313 e. The molecule has 0 aliphatic carbocycles. The molecule has 8 heteroatoms. The lowest BCUT2D eigenvalue weighted by molar-refractivity contribution is -0.151. The average Bonchev–Trinajstić information content (AvgIpc) is 2.59. The molecule has 24 heavy (non-hydrogen) atoms.